The molecule has 10 heteroatoms. The predicted octanol–water partition coefficient (Wildman–Crippen LogP) is 2.21. The molecular weight excluding hydrogens is 468 g/mol. The largest absolute Gasteiger partial charge is 0.388 e. The van der Waals surface area contributed by atoms with Gasteiger partial charge < -0.3 is 19.9 Å². The number of alkyl halides is 2. The van der Waals surface area contributed by atoms with Crippen LogP contribution in [-0.4, -0.2) is 68.2 Å². The predicted molar refractivity (Wildman–Crippen MR) is 131 cm³/mol. The maximum absolute atomic E-state index is 13.5. The zero-order valence-electron chi connectivity index (χ0n) is 20.0. The van der Waals surface area contributed by atoms with Crippen LogP contribution in [0.4, 0.5) is 8.78 Å². The highest BCUT2D eigenvalue weighted by atomic mass is 19.3. The third-order valence-corrected chi connectivity index (χ3v) is 7.58. The van der Waals surface area contributed by atoms with Gasteiger partial charge in [0.2, 0.25) is 5.91 Å². The molecule has 2 N–H and O–H groups in total. The van der Waals surface area contributed by atoms with Crippen molar-refractivity contribution < 1.29 is 18.7 Å². The molecule has 0 unspecified atom stereocenters. The monoisotopic (exact) mass is 499 g/mol. The number of rotatable bonds is 6. The van der Waals surface area contributed by atoms with Crippen LogP contribution < -0.4 is 10.9 Å². The van der Waals surface area contributed by atoms with Gasteiger partial charge in [-0.1, -0.05) is 30.3 Å². The topological polar surface area (TPSA) is 92.4 Å². The lowest BCUT2D eigenvalue weighted by Crippen LogP contribution is -2.52. The molecule has 2 atom stereocenters. The van der Waals surface area contributed by atoms with Crippen LogP contribution in [-0.2, 0) is 17.9 Å². The number of nitrogens with zero attached hydrogens (tertiary/aromatic N) is 4. The van der Waals surface area contributed by atoms with Gasteiger partial charge in [0.25, 0.3) is 12.0 Å². The molecule has 2 fully saturated rings. The summed E-state index contributed by atoms with van der Waals surface area (Å²) in [6.45, 7) is 1.89. The van der Waals surface area contributed by atoms with Gasteiger partial charge in [-0.2, -0.15) is 0 Å². The van der Waals surface area contributed by atoms with E-state index in [1.165, 1.54) is 27.7 Å². The van der Waals surface area contributed by atoms with E-state index in [4.69, 9.17) is 0 Å². The van der Waals surface area contributed by atoms with Crippen LogP contribution in [0.2, 0.25) is 0 Å². The van der Waals surface area contributed by atoms with Gasteiger partial charge in [-0.25, -0.2) is 13.8 Å². The summed E-state index contributed by atoms with van der Waals surface area (Å²) in [7, 11) is 0. The smallest absolute Gasteiger partial charge is 0.262 e. The van der Waals surface area contributed by atoms with Crippen LogP contribution in [0, 0.1) is 5.92 Å². The highest BCUT2D eigenvalue weighted by Crippen LogP contribution is 2.33. The first kappa shape index (κ1) is 24.6. The van der Waals surface area contributed by atoms with Crippen molar-refractivity contribution in [3.8, 4) is 0 Å². The number of likely N-dealkylation sites (tertiary alicyclic amines) is 1. The second-order valence-corrected chi connectivity index (χ2v) is 9.94. The lowest BCUT2D eigenvalue weighted by Gasteiger charge is -2.41. The Balaban J connectivity index is 1.26. The molecule has 2 aromatic heterocycles. The molecule has 0 saturated carbocycles. The minimum Gasteiger partial charge on any atom is -0.388 e. The first-order chi connectivity index (χ1) is 17.3. The molecule has 2 aliphatic heterocycles. The van der Waals surface area contributed by atoms with Crippen LogP contribution in [0.3, 0.4) is 0 Å². The summed E-state index contributed by atoms with van der Waals surface area (Å²) in [6.07, 6.45) is 1.64. The normalized spacial score (nSPS) is 22.3. The molecule has 4 heterocycles. The molecule has 1 amide bonds. The fraction of sp³-hybridized carbons (Fsp3) is 0.500. The number of carbonyl (C=O) groups is 1. The molecule has 192 valence electrons. The number of aromatic nitrogens is 3. The average molecular weight is 500 g/mol. The first-order valence-corrected chi connectivity index (χ1v) is 12.4. The van der Waals surface area contributed by atoms with Crippen LogP contribution in [0.5, 0.6) is 0 Å². The van der Waals surface area contributed by atoms with E-state index in [2.05, 4.69) is 22.4 Å². The Morgan fingerprint density at radius 1 is 1.17 bits per heavy atom. The lowest BCUT2D eigenvalue weighted by molar-refractivity contribution is -0.141. The Morgan fingerprint density at radius 3 is 2.64 bits per heavy atom. The van der Waals surface area contributed by atoms with Gasteiger partial charge >= 0.3 is 0 Å². The Bertz CT molecular complexity index is 1270. The van der Waals surface area contributed by atoms with E-state index in [9.17, 15) is 23.5 Å². The fourth-order valence-corrected chi connectivity index (χ4v) is 5.57. The van der Waals surface area contributed by atoms with Crippen molar-refractivity contribution in [3.63, 3.8) is 0 Å². The van der Waals surface area contributed by atoms with Crippen LogP contribution in [0.25, 0.3) is 11.0 Å². The Hall–Kier alpha value is -3.11. The van der Waals surface area contributed by atoms with E-state index in [1.54, 1.807) is 0 Å². The molecule has 0 spiro atoms. The van der Waals surface area contributed by atoms with Crippen molar-refractivity contribution in [2.75, 3.05) is 26.2 Å². The maximum Gasteiger partial charge on any atom is 0.262 e. The van der Waals surface area contributed by atoms with Gasteiger partial charge in [0.1, 0.15) is 12.0 Å². The van der Waals surface area contributed by atoms with Crippen LogP contribution >= 0.6 is 0 Å². The number of aliphatic hydroxyl groups is 1. The molecular formula is C26H31F2N5O3. The van der Waals surface area contributed by atoms with E-state index in [1.807, 2.05) is 23.1 Å². The number of amides is 1. The van der Waals surface area contributed by atoms with Crippen molar-refractivity contribution in [2.24, 2.45) is 5.92 Å². The number of nitrogens with one attached hydrogen (secondary N) is 1. The van der Waals surface area contributed by atoms with Crippen LogP contribution in [0.15, 0.2) is 53.7 Å². The lowest BCUT2D eigenvalue weighted by atomic mass is 9.80. The van der Waals surface area contributed by atoms with E-state index in [-0.39, 0.29) is 40.9 Å². The summed E-state index contributed by atoms with van der Waals surface area (Å²) in [5, 5.41) is 14.9. The van der Waals surface area contributed by atoms with Crippen LogP contribution in [0.1, 0.15) is 30.7 Å². The van der Waals surface area contributed by atoms with Gasteiger partial charge in [-0.3, -0.25) is 14.2 Å². The zero-order valence-corrected chi connectivity index (χ0v) is 20.0. The van der Waals surface area contributed by atoms with Gasteiger partial charge in [0.15, 0.2) is 0 Å². The number of piperidine rings is 2. The average Bonchev–Trinajstić information content (AvgIpc) is 3.29. The Kier molecular flexibility index (Phi) is 6.90. The second kappa shape index (κ2) is 10.1. The quantitative estimate of drug-likeness (QED) is 0.543. The SMILES string of the molecule is O=C([C@@H]1CCNC[C@H]1c1ccccc1)N1CCC(O)(Cn2cnc3c(ccn3CC(F)F)c2=O)CC1. The summed E-state index contributed by atoms with van der Waals surface area (Å²) < 4.78 is 28.2. The number of hydrogen-bond acceptors (Lipinski definition) is 5. The zero-order chi connectivity index (χ0) is 25.3. The molecule has 36 heavy (non-hydrogen) atoms. The highest BCUT2D eigenvalue weighted by Gasteiger charge is 2.39. The molecule has 0 bridgehead atoms. The highest BCUT2D eigenvalue weighted by molar-refractivity contribution is 5.80. The molecule has 0 aliphatic carbocycles. The van der Waals surface area contributed by atoms with Crippen molar-refractivity contribution in [3.05, 3.63) is 64.8 Å². The minimum atomic E-state index is -2.55. The first-order valence-electron chi connectivity index (χ1n) is 12.4. The van der Waals surface area contributed by atoms with Gasteiger partial charge in [-0.15, -0.1) is 0 Å². The molecule has 1 aromatic carbocycles. The van der Waals surface area contributed by atoms with Crippen molar-refractivity contribution in [1.82, 2.24) is 24.3 Å². The Morgan fingerprint density at radius 2 is 1.92 bits per heavy atom. The third-order valence-electron chi connectivity index (χ3n) is 7.58. The van der Waals surface area contributed by atoms with Gasteiger partial charge in [0, 0.05) is 37.7 Å². The van der Waals surface area contributed by atoms with Crippen molar-refractivity contribution in [2.45, 2.75) is 50.3 Å². The van der Waals surface area contributed by atoms with E-state index in [0.717, 1.165) is 25.1 Å². The standard InChI is InChI=1S/C26H31F2N5O3/c27-22(28)15-32-11-7-20-23(32)30-17-33(25(20)35)16-26(36)8-12-31(13-9-26)24(34)19-6-10-29-14-21(19)18-4-2-1-3-5-18/h1-5,7,11,17,19,21-22,29,36H,6,8-10,12-16H2/t19-,21+/m1/s1. The number of fused-ring (bicyclic) bond motifs is 1. The molecule has 2 aliphatic rings. The van der Waals surface area contributed by atoms with Gasteiger partial charge in [0.05, 0.1) is 24.1 Å². The fourth-order valence-electron chi connectivity index (χ4n) is 5.57. The summed E-state index contributed by atoms with van der Waals surface area (Å²) >= 11 is 0. The molecule has 0 radical (unpaired) electrons. The van der Waals surface area contributed by atoms with Crippen molar-refractivity contribution >= 4 is 16.9 Å². The molecule has 5 rings (SSSR count). The van der Waals surface area contributed by atoms with Crippen molar-refractivity contribution in [1.29, 1.82) is 0 Å². The number of carbonyl (C=O) groups excluding carboxylic acids is 1. The third kappa shape index (κ3) is 4.92. The molecule has 2 saturated heterocycles. The number of halogens is 2. The number of benzene rings is 1. The molecule has 8 nitrogen and oxygen atoms in total. The minimum absolute atomic E-state index is 0.0385. The summed E-state index contributed by atoms with van der Waals surface area (Å²) in [5.74, 6) is 0.126. The Labute approximate surface area is 207 Å². The maximum atomic E-state index is 13.5. The summed E-state index contributed by atoms with van der Waals surface area (Å²) in [4.78, 5) is 32.5. The second-order valence-electron chi connectivity index (χ2n) is 9.94. The molecule has 3 aromatic rings. The van der Waals surface area contributed by atoms with E-state index in [0.29, 0.717) is 25.9 Å². The van der Waals surface area contributed by atoms with E-state index < -0.39 is 18.6 Å². The van der Waals surface area contributed by atoms with Gasteiger partial charge in [-0.05, 0) is 37.4 Å². The summed E-state index contributed by atoms with van der Waals surface area (Å²) in [6, 6.07) is 11.6. The number of hydrogen-bond donors (Lipinski definition) is 2. The van der Waals surface area contributed by atoms with E-state index >= 15 is 0 Å². The summed E-state index contributed by atoms with van der Waals surface area (Å²) in [5.41, 5.74) is -0.172.